The minimum atomic E-state index is -0.259. The van der Waals surface area contributed by atoms with Crippen molar-refractivity contribution in [3.8, 4) is 11.5 Å². The summed E-state index contributed by atoms with van der Waals surface area (Å²) in [5, 5.41) is 14.8. The first-order chi connectivity index (χ1) is 13.5. The molecule has 1 aromatic carbocycles. The second-order valence-electron chi connectivity index (χ2n) is 5.91. The fourth-order valence-electron chi connectivity index (χ4n) is 2.36. The molecule has 0 bridgehead atoms. The number of anilines is 1. The van der Waals surface area contributed by atoms with Crippen LogP contribution in [0.1, 0.15) is 11.3 Å². The van der Waals surface area contributed by atoms with Crippen molar-refractivity contribution in [2.24, 2.45) is 7.05 Å². The Labute approximate surface area is 166 Å². The number of hydrogen-bond donors (Lipinski definition) is 1. The van der Waals surface area contributed by atoms with Crippen LogP contribution in [-0.4, -0.2) is 44.8 Å². The van der Waals surface area contributed by atoms with Crippen LogP contribution in [0.4, 0.5) is 5.69 Å². The van der Waals surface area contributed by atoms with Gasteiger partial charge in [-0.2, -0.15) is 0 Å². The lowest BCUT2D eigenvalue weighted by atomic mass is 10.2. The lowest BCUT2D eigenvalue weighted by molar-refractivity contribution is -0.118. The molecule has 146 valence electrons. The Kier molecular flexibility index (Phi) is 6.43. The van der Waals surface area contributed by atoms with Crippen LogP contribution in [0.5, 0.6) is 11.5 Å². The maximum atomic E-state index is 12.2. The zero-order valence-electron chi connectivity index (χ0n) is 15.7. The number of amides is 1. The van der Waals surface area contributed by atoms with Crippen LogP contribution >= 0.6 is 11.8 Å². The molecule has 0 aliphatic heterocycles. The average Bonchev–Trinajstić information content (AvgIpc) is 3.09. The van der Waals surface area contributed by atoms with E-state index < -0.39 is 0 Å². The molecule has 0 aliphatic rings. The van der Waals surface area contributed by atoms with Gasteiger partial charge in [-0.15, -0.1) is 5.10 Å². The van der Waals surface area contributed by atoms with E-state index in [-0.39, 0.29) is 12.5 Å². The number of aromatic nitrogens is 5. The summed E-state index contributed by atoms with van der Waals surface area (Å²) >= 11 is 1.45. The first-order valence-corrected chi connectivity index (χ1v) is 9.41. The zero-order valence-corrected chi connectivity index (χ0v) is 16.6. The van der Waals surface area contributed by atoms with Crippen molar-refractivity contribution in [3.05, 3.63) is 47.8 Å². The second kappa shape index (κ2) is 9.18. The predicted octanol–water partition coefficient (Wildman–Crippen LogP) is 2.23. The first-order valence-electron chi connectivity index (χ1n) is 8.42. The number of tetrazole rings is 1. The molecule has 1 N–H and O–H groups in total. The SMILES string of the molecule is COc1cnc(CSc2nnnn2C)cc1OCC(=O)Nc1cccc(C)c1. The average molecular weight is 400 g/mol. The highest BCUT2D eigenvalue weighted by Crippen LogP contribution is 2.29. The number of nitrogens with one attached hydrogen (secondary N) is 1. The van der Waals surface area contributed by atoms with E-state index in [0.717, 1.165) is 16.9 Å². The van der Waals surface area contributed by atoms with Gasteiger partial charge in [-0.25, -0.2) is 4.68 Å². The zero-order chi connectivity index (χ0) is 19.9. The van der Waals surface area contributed by atoms with Gasteiger partial charge in [0.1, 0.15) is 0 Å². The summed E-state index contributed by atoms with van der Waals surface area (Å²) in [5.74, 6) is 1.19. The number of hydrogen-bond acceptors (Lipinski definition) is 8. The maximum absolute atomic E-state index is 12.2. The lowest BCUT2D eigenvalue weighted by Gasteiger charge is -2.12. The molecule has 3 rings (SSSR count). The van der Waals surface area contributed by atoms with E-state index in [4.69, 9.17) is 9.47 Å². The van der Waals surface area contributed by atoms with Gasteiger partial charge < -0.3 is 14.8 Å². The molecule has 0 fully saturated rings. The standard InChI is InChI=1S/C18H20N6O3S/c1-12-5-4-6-13(7-12)20-17(25)10-27-15-8-14(19-9-16(15)26-3)11-28-18-21-22-23-24(18)2/h4-9H,10-11H2,1-3H3,(H,20,25). The Balaban J connectivity index is 1.61. The molecule has 10 heteroatoms. The van der Waals surface area contributed by atoms with Crippen LogP contribution in [0.2, 0.25) is 0 Å². The minimum absolute atomic E-state index is 0.145. The number of carbonyl (C=O) groups excluding carboxylic acids is 1. The molecule has 0 unspecified atom stereocenters. The molecule has 3 aromatic rings. The number of aryl methyl sites for hydroxylation is 2. The number of rotatable bonds is 8. The van der Waals surface area contributed by atoms with Crippen LogP contribution in [0.3, 0.4) is 0 Å². The van der Waals surface area contributed by atoms with E-state index in [1.807, 2.05) is 31.2 Å². The Morgan fingerprint density at radius 1 is 1.29 bits per heavy atom. The Morgan fingerprint density at radius 3 is 2.86 bits per heavy atom. The molecule has 0 aliphatic carbocycles. The summed E-state index contributed by atoms with van der Waals surface area (Å²) in [6, 6.07) is 9.31. The Hall–Kier alpha value is -3.14. The fourth-order valence-corrected chi connectivity index (χ4v) is 3.11. The van der Waals surface area contributed by atoms with Crippen molar-refractivity contribution in [2.75, 3.05) is 19.0 Å². The highest BCUT2D eigenvalue weighted by molar-refractivity contribution is 7.98. The van der Waals surface area contributed by atoms with Crippen molar-refractivity contribution in [2.45, 2.75) is 17.8 Å². The molecule has 2 aromatic heterocycles. The van der Waals surface area contributed by atoms with Crippen LogP contribution < -0.4 is 14.8 Å². The van der Waals surface area contributed by atoms with Gasteiger partial charge >= 0.3 is 0 Å². The Bertz CT molecular complexity index is 962. The van der Waals surface area contributed by atoms with E-state index in [9.17, 15) is 4.79 Å². The fraction of sp³-hybridized carbons (Fsp3) is 0.278. The number of carbonyl (C=O) groups is 1. The highest BCUT2D eigenvalue weighted by Gasteiger charge is 2.12. The monoisotopic (exact) mass is 400 g/mol. The highest BCUT2D eigenvalue weighted by atomic mass is 32.2. The van der Waals surface area contributed by atoms with Gasteiger partial charge in [0.2, 0.25) is 5.16 Å². The summed E-state index contributed by atoms with van der Waals surface area (Å²) in [7, 11) is 3.29. The van der Waals surface area contributed by atoms with Crippen molar-refractivity contribution < 1.29 is 14.3 Å². The van der Waals surface area contributed by atoms with E-state index in [1.165, 1.54) is 18.9 Å². The third kappa shape index (κ3) is 5.19. The second-order valence-corrected chi connectivity index (χ2v) is 6.85. The third-order valence-electron chi connectivity index (χ3n) is 3.70. The lowest BCUT2D eigenvalue weighted by Crippen LogP contribution is -2.20. The maximum Gasteiger partial charge on any atom is 0.262 e. The van der Waals surface area contributed by atoms with E-state index >= 15 is 0 Å². The van der Waals surface area contributed by atoms with Gasteiger partial charge in [0.15, 0.2) is 18.1 Å². The molecule has 0 spiro atoms. The number of methoxy groups -OCH3 is 1. The van der Waals surface area contributed by atoms with Crippen LogP contribution in [0.15, 0.2) is 41.7 Å². The molecule has 2 heterocycles. The van der Waals surface area contributed by atoms with Gasteiger partial charge in [0.25, 0.3) is 5.91 Å². The van der Waals surface area contributed by atoms with Gasteiger partial charge in [-0.05, 0) is 35.0 Å². The first kappa shape index (κ1) is 19.6. The molecule has 1 amide bonds. The molecular weight excluding hydrogens is 380 g/mol. The van der Waals surface area contributed by atoms with Gasteiger partial charge in [0.05, 0.1) is 19.0 Å². The predicted molar refractivity (Wildman–Crippen MR) is 104 cm³/mol. The minimum Gasteiger partial charge on any atom is -0.491 e. The number of pyridine rings is 1. The van der Waals surface area contributed by atoms with Crippen LogP contribution in [0.25, 0.3) is 0 Å². The number of thioether (sulfide) groups is 1. The molecule has 0 atom stereocenters. The van der Waals surface area contributed by atoms with Gasteiger partial charge in [-0.1, -0.05) is 23.9 Å². The number of nitrogens with zero attached hydrogens (tertiary/aromatic N) is 5. The van der Waals surface area contributed by atoms with Gasteiger partial charge in [-0.3, -0.25) is 9.78 Å². The van der Waals surface area contributed by atoms with Crippen molar-refractivity contribution in [3.63, 3.8) is 0 Å². The molecule has 0 saturated carbocycles. The number of ether oxygens (including phenoxy) is 2. The third-order valence-corrected chi connectivity index (χ3v) is 4.74. The smallest absolute Gasteiger partial charge is 0.262 e. The quantitative estimate of drug-likeness (QED) is 0.574. The van der Waals surface area contributed by atoms with Crippen LogP contribution in [0, 0.1) is 6.92 Å². The summed E-state index contributed by atoms with van der Waals surface area (Å²) in [5.41, 5.74) is 2.54. The Morgan fingerprint density at radius 2 is 2.14 bits per heavy atom. The van der Waals surface area contributed by atoms with E-state index in [1.54, 1.807) is 24.0 Å². The topological polar surface area (TPSA) is 104 Å². The van der Waals surface area contributed by atoms with Crippen molar-refractivity contribution in [1.82, 2.24) is 25.2 Å². The molecular formula is C18H20N6O3S. The van der Waals surface area contributed by atoms with Crippen molar-refractivity contribution >= 4 is 23.4 Å². The van der Waals surface area contributed by atoms with Crippen molar-refractivity contribution in [1.29, 1.82) is 0 Å². The molecule has 28 heavy (non-hydrogen) atoms. The number of benzene rings is 1. The molecule has 0 saturated heterocycles. The molecule has 0 radical (unpaired) electrons. The summed E-state index contributed by atoms with van der Waals surface area (Å²) < 4.78 is 12.5. The van der Waals surface area contributed by atoms with E-state index in [0.29, 0.717) is 22.4 Å². The largest absolute Gasteiger partial charge is 0.491 e. The summed E-state index contributed by atoms with van der Waals surface area (Å²) in [6.45, 7) is 1.82. The summed E-state index contributed by atoms with van der Waals surface area (Å²) in [4.78, 5) is 16.5. The summed E-state index contributed by atoms with van der Waals surface area (Å²) in [6.07, 6.45) is 1.57. The normalized spacial score (nSPS) is 10.5. The van der Waals surface area contributed by atoms with Crippen LogP contribution in [-0.2, 0) is 17.6 Å². The van der Waals surface area contributed by atoms with Gasteiger partial charge in [0, 0.05) is 24.6 Å². The van der Waals surface area contributed by atoms with E-state index in [2.05, 4.69) is 25.8 Å². The molecule has 9 nitrogen and oxygen atoms in total.